The third-order valence-electron chi connectivity index (χ3n) is 4.06. The first-order chi connectivity index (χ1) is 11.7. The van der Waals surface area contributed by atoms with Gasteiger partial charge in [0.25, 0.3) is 5.56 Å². The molecule has 0 saturated carbocycles. The van der Waals surface area contributed by atoms with Crippen molar-refractivity contribution in [1.82, 2.24) is 9.66 Å². The Morgan fingerprint density at radius 1 is 0.958 bits per heavy atom. The normalized spacial score (nSPS) is 11.0. The Balaban J connectivity index is 2.02. The second-order valence-corrected chi connectivity index (χ2v) is 6.58. The Labute approximate surface area is 142 Å². The molecule has 118 valence electrons. The van der Waals surface area contributed by atoms with Crippen LogP contribution in [0, 0.1) is 6.92 Å². The van der Waals surface area contributed by atoms with Gasteiger partial charge >= 0.3 is 0 Å². The minimum atomic E-state index is -0.213. The first-order valence-electron chi connectivity index (χ1n) is 7.59. The predicted molar refractivity (Wildman–Crippen MR) is 99.6 cm³/mol. The SMILES string of the molecule is Cc1c(-c2ccccc2)sc2nc(-c3ccccc3)n(N)c(=O)c12. The van der Waals surface area contributed by atoms with Crippen LogP contribution >= 0.6 is 11.3 Å². The fourth-order valence-corrected chi connectivity index (χ4v) is 4.03. The Bertz CT molecular complexity index is 1080. The van der Waals surface area contributed by atoms with E-state index in [0.717, 1.165) is 31.1 Å². The third-order valence-corrected chi connectivity index (χ3v) is 5.30. The molecule has 2 N–H and O–H groups in total. The summed E-state index contributed by atoms with van der Waals surface area (Å²) in [7, 11) is 0. The van der Waals surface area contributed by atoms with Gasteiger partial charge in [0.05, 0.1) is 5.39 Å². The standard InChI is InChI=1S/C19H15N3OS/c1-12-15-18(24-16(12)13-8-4-2-5-9-13)21-17(22(20)19(15)23)14-10-6-3-7-11-14/h2-11H,20H2,1H3. The van der Waals surface area contributed by atoms with Crippen molar-refractivity contribution in [2.45, 2.75) is 6.92 Å². The van der Waals surface area contributed by atoms with Crippen LogP contribution in [0.15, 0.2) is 65.5 Å². The number of aromatic nitrogens is 2. The van der Waals surface area contributed by atoms with Crippen LogP contribution in [-0.4, -0.2) is 9.66 Å². The molecule has 0 amide bonds. The van der Waals surface area contributed by atoms with Crippen molar-refractivity contribution >= 4 is 21.6 Å². The van der Waals surface area contributed by atoms with E-state index >= 15 is 0 Å². The summed E-state index contributed by atoms with van der Waals surface area (Å²) in [6, 6.07) is 19.6. The number of nitrogen functional groups attached to an aromatic ring is 1. The lowest BCUT2D eigenvalue weighted by molar-refractivity contribution is 0.928. The van der Waals surface area contributed by atoms with Gasteiger partial charge in [0.1, 0.15) is 4.83 Å². The quantitative estimate of drug-likeness (QED) is 0.567. The van der Waals surface area contributed by atoms with Crippen molar-refractivity contribution in [3.05, 3.63) is 76.6 Å². The highest BCUT2D eigenvalue weighted by molar-refractivity contribution is 7.22. The molecule has 0 aliphatic rings. The molecule has 0 radical (unpaired) electrons. The van der Waals surface area contributed by atoms with Crippen LogP contribution in [0.2, 0.25) is 0 Å². The molecule has 5 heteroatoms. The van der Waals surface area contributed by atoms with Crippen molar-refractivity contribution < 1.29 is 0 Å². The van der Waals surface area contributed by atoms with Gasteiger partial charge in [-0.05, 0) is 18.1 Å². The number of fused-ring (bicyclic) bond motifs is 1. The maximum Gasteiger partial charge on any atom is 0.281 e. The molecular formula is C19H15N3OS. The van der Waals surface area contributed by atoms with E-state index in [1.165, 1.54) is 11.3 Å². The van der Waals surface area contributed by atoms with Gasteiger partial charge < -0.3 is 5.84 Å². The predicted octanol–water partition coefficient (Wildman–Crippen LogP) is 3.81. The molecule has 0 fully saturated rings. The minimum Gasteiger partial charge on any atom is -0.334 e. The lowest BCUT2D eigenvalue weighted by atomic mass is 10.1. The van der Waals surface area contributed by atoms with Gasteiger partial charge in [-0.3, -0.25) is 4.79 Å². The molecule has 0 spiro atoms. The van der Waals surface area contributed by atoms with E-state index in [1.807, 2.05) is 67.6 Å². The van der Waals surface area contributed by atoms with Gasteiger partial charge in [-0.1, -0.05) is 60.7 Å². The average Bonchev–Trinajstić information content (AvgIpc) is 2.96. The molecule has 24 heavy (non-hydrogen) atoms. The number of nitrogens with two attached hydrogens (primary N) is 1. The van der Waals surface area contributed by atoms with Crippen LogP contribution in [-0.2, 0) is 0 Å². The van der Waals surface area contributed by atoms with E-state index < -0.39 is 0 Å². The Morgan fingerprint density at radius 2 is 1.54 bits per heavy atom. The number of thiophene rings is 1. The summed E-state index contributed by atoms with van der Waals surface area (Å²) in [5.41, 5.74) is 2.63. The fraction of sp³-hybridized carbons (Fsp3) is 0.0526. The van der Waals surface area contributed by atoms with Crippen molar-refractivity contribution in [3.8, 4) is 21.8 Å². The molecule has 0 unspecified atom stereocenters. The van der Waals surface area contributed by atoms with Crippen LogP contribution in [0.4, 0.5) is 0 Å². The number of aryl methyl sites for hydroxylation is 1. The number of benzene rings is 2. The van der Waals surface area contributed by atoms with Gasteiger partial charge in [0, 0.05) is 10.4 Å². The lowest BCUT2D eigenvalue weighted by Crippen LogP contribution is -2.29. The van der Waals surface area contributed by atoms with Crippen molar-refractivity contribution in [1.29, 1.82) is 0 Å². The highest BCUT2D eigenvalue weighted by atomic mass is 32.1. The molecule has 0 saturated heterocycles. The summed E-state index contributed by atoms with van der Waals surface area (Å²) in [6.07, 6.45) is 0. The summed E-state index contributed by atoms with van der Waals surface area (Å²) in [6.45, 7) is 1.95. The molecular weight excluding hydrogens is 318 g/mol. The molecule has 0 aliphatic carbocycles. The van der Waals surface area contributed by atoms with Crippen LogP contribution in [0.25, 0.3) is 32.0 Å². The summed E-state index contributed by atoms with van der Waals surface area (Å²) in [4.78, 5) is 19.2. The summed E-state index contributed by atoms with van der Waals surface area (Å²) >= 11 is 1.53. The van der Waals surface area contributed by atoms with Crippen molar-refractivity contribution in [3.63, 3.8) is 0 Å². The topological polar surface area (TPSA) is 60.9 Å². The molecule has 4 nitrogen and oxygen atoms in total. The summed E-state index contributed by atoms with van der Waals surface area (Å²) in [5, 5.41) is 0.598. The second-order valence-electron chi connectivity index (χ2n) is 5.58. The molecule has 0 bridgehead atoms. The zero-order valence-electron chi connectivity index (χ0n) is 13.1. The van der Waals surface area contributed by atoms with E-state index in [0.29, 0.717) is 11.2 Å². The number of nitrogens with zero attached hydrogens (tertiary/aromatic N) is 2. The number of hydrogen-bond donors (Lipinski definition) is 1. The highest BCUT2D eigenvalue weighted by Gasteiger charge is 2.18. The zero-order valence-corrected chi connectivity index (χ0v) is 13.9. The average molecular weight is 333 g/mol. The number of rotatable bonds is 2. The lowest BCUT2D eigenvalue weighted by Gasteiger charge is -2.07. The van der Waals surface area contributed by atoms with Gasteiger partial charge in [0.2, 0.25) is 0 Å². The zero-order chi connectivity index (χ0) is 16.7. The Hall–Kier alpha value is -2.92. The monoisotopic (exact) mass is 333 g/mol. The van der Waals surface area contributed by atoms with Crippen LogP contribution in [0.1, 0.15) is 5.56 Å². The van der Waals surface area contributed by atoms with E-state index in [9.17, 15) is 4.79 Å². The Morgan fingerprint density at radius 3 is 2.17 bits per heavy atom. The third kappa shape index (κ3) is 2.21. The van der Waals surface area contributed by atoms with Crippen molar-refractivity contribution in [2.24, 2.45) is 0 Å². The minimum absolute atomic E-state index is 0.213. The largest absolute Gasteiger partial charge is 0.334 e. The van der Waals surface area contributed by atoms with Crippen LogP contribution < -0.4 is 11.4 Å². The molecule has 2 aromatic heterocycles. The molecule has 2 aromatic carbocycles. The smallest absolute Gasteiger partial charge is 0.281 e. The summed E-state index contributed by atoms with van der Waals surface area (Å²) < 4.78 is 1.14. The van der Waals surface area contributed by atoms with Gasteiger partial charge in [0.15, 0.2) is 5.82 Å². The molecule has 0 aliphatic heterocycles. The van der Waals surface area contributed by atoms with Gasteiger partial charge in [-0.25, -0.2) is 9.66 Å². The first kappa shape index (κ1) is 14.7. The number of hydrogen-bond acceptors (Lipinski definition) is 4. The van der Waals surface area contributed by atoms with Crippen molar-refractivity contribution in [2.75, 3.05) is 5.84 Å². The highest BCUT2D eigenvalue weighted by Crippen LogP contribution is 2.36. The molecule has 4 aromatic rings. The summed E-state index contributed by atoms with van der Waals surface area (Å²) in [5.74, 6) is 6.52. The van der Waals surface area contributed by atoms with Gasteiger partial charge in [-0.2, -0.15) is 0 Å². The first-order valence-corrected chi connectivity index (χ1v) is 8.40. The maximum absolute atomic E-state index is 12.8. The van der Waals surface area contributed by atoms with Gasteiger partial charge in [-0.15, -0.1) is 11.3 Å². The maximum atomic E-state index is 12.8. The van der Waals surface area contributed by atoms with Crippen LogP contribution in [0.3, 0.4) is 0 Å². The second kappa shape index (κ2) is 5.62. The van der Waals surface area contributed by atoms with E-state index in [4.69, 9.17) is 5.84 Å². The molecule has 4 rings (SSSR count). The van der Waals surface area contributed by atoms with Crippen LogP contribution in [0.5, 0.6) is 0 Å². The van der Waals surface area contributed by atoms with E-state index in [1.54, 1.807) is 0 Å². The fourth-order valence-electron chi connectivity index (χ4n) is 2.85. The van der Waals surface area contributed by atoms with E-state index in [2.05, 4.69) is 4.98 Å². The molecule has 2 heterocycles. The molecule has 0 atom stereocenters. The Kier molecular flexibility index (Phi) is 3.43. The van der Waals surface area contributed by atoms with E-state index in [-0.39, 0.29) is 5.56 Å².